The summed E-state index contributed by atoms with van der Waals surface area (Å²) in [5.74, 6) is -2.39. The van der Waals surface area contributed by atoms with Crippen molar-refractivity contribution in [3.63, 3.8) is 0 Å². The van der Waals surface area contributed by atoms with Crippen LogP contribution < -0.4 is 10.6 Å². The number of anilines is 1. The molecular formula is C13H13F3N2O2. The summed E-state index contributed by atoms with van der Waals surface area (Å²) in [7, 11) is 0. The zero-order chi connectivity index (χ0) is 15.3. The van der Waals surface area contributed by atoms with E-state index in [0.29, 0.717) is 11.1 Å². The Morgan fingerprint density at radius 1 is 1.30 bits per heavy atom. The average molecular weight is 286 g/mol. The fourth-order valence-electron chi connectivity index (χ4n) is 1.29. The van der Waals surface area contributed by atoms with Crippen molar-refractivity contribution in [2.45, 2.75) is 19.6 Å². The number of nitrogens with one attached hydrogen (secondary N) is 2. The Hall–Kier alpha value is -2.31. The van der Waals surface area contributed by atoms with Gasteiger partial charge in [-0.1, -0.05) is 18.7 Å². The van der Waals surface area contributed by atoms with Gasteiger partial charge in [0.25, 0.3) is 0 Å². The summed E-state index contributed by atoms with van der Waals surface area (Å²) < 4.78 is 36.3. The minimum absolute atomic E-state index is 0.00870. The summed E-state index contributed by atoms with van der Waals surface area (Å²) >= 11 is 0. The zero-order valence-electron chi connectivity index (χ0n) is 10.7. The molecule has 0 aromatic heterocycles. The molecule has 0 atom stereocenters. The summed E-state index contributed by atoms with van der Waals surface area (Å²) in [5, 5.41) is 4.27. The summed E-state index contributed by atoms with van der Waals surface area (Å²) in [6.45, 7) is 5.12. The third kappa shape index (κ3) is 4.75. The van der Waals surface area contributed by atoms with Crippen LogP contribution in [-0.2, 0) is 16.1 Å². The topological polar surface area (TPSA) is 58.2 Å². The quantitative estimate of drug-likeness (QED) is 0.835. The van der Waals surface area contributed by atoms with Crippen LogP contribution in [0.3, 0.4) is 0 Å². The van der Waals surface area contributed by atoms with Crippen LogP contribution in [0.2, 0.25) is 0 Å². The maximum atomic E-state index is 12.1. The van der Waals surface area contributed by atoms with Gasteiger partial charge in [0.05, 0.1) is 0 Å². The lowest BCUT2D eigenvalue weighted by Crippen LogP contribution is -2.30. The first-order valence-corrected chi connectivity index (χ1v) is 5.61. The summed E-state index contributed by atoms with van der Waals surface area (Å²) in [6, 6.07) is 5.77. The number of benzene rings is 1. The van der Waals surface area contributed by atoms with Crippen LogP contribution in [-0.4, -0.2) is 18.0 Å². The lowest BCUT2D eigenvalue weighted by molar-refractivity contribution is -0.167. The van der Waals surface area contributed by atoms with Gasteiger partial charge in [-0.3, -0.25) is 9.59 Å². The monoisotopic (exact) mass is 286 g/mol. The van der Waals surface area contributed by atoms with E-state index in [1.54, 1.807) is 11.4 Å². The molecule has 20 heavy (non-hydrogen) atoms. The molecule has 0 heterocycles. The SMILES string of the molecule is C=C(C)C(=O)NCc1cccc(NC(=O)C(F)(F)F)c1. The molecule has 1 rings (SSSR count). The average Bonchev–Trinajstić information content (AvgIpc) is 2.35. The standard InChI is InChI=1S/C13H13F3N2O2/c1-8(2)11(19)17-7-9-4-3-5-10(6-9)18-12(20)13(14,15)16/h3-6H,1,7H2,2H3,(H,17,19)(H,18,20). The van der Waals surface area contributed by atoms with Crippen molar-refractivity contribution in [2.75, 3.05) is 5.32 Å². The largest absolute Gasteiger partial charge is 0.471 e. The molecule has 1 aromatic rings. The van der Waals surface area contributed by atoms with Crippen LogP contribution in [0.25, 0.3) is 0 Å². The highest BCUT2D eigenvalue weighted by atomic mass is 19.4. The van der Waals surface area contributed by atoms with E-state index in [9.17, 15) is 22.8 Å². The second-order valence-electron chi connectivity index (χ2n) is 4.12. The van der Waals surface area contributed by atoms with Crippen LogP contribution in [0.1, 0.15) is 12.5 Å². The Morgan fingerprint density at radius 2 is 1.95 bits per heavy atom. The van der Waals surface area contributed by atoms with Crippen molar-refractivity contribution in [3.05, 3.63) is 42.0 Å². The van der Waals surface area contributed by atoms with E-state index in [0.717, 1.165) is 0 Å². The van der Waals surface area contributed by atoms with E-state index in [4.69, 9.17) is 0 Å². The predicted molar refractivity (Wildman–Crippen MR) is 67.8 cm³/mol. The lowest BCUT2D eigenvalue weighted by atomic mass is 10.2. The second-order valence-corrected chi connectivity index (χ2v) is 4.12. The van der Waals surface area contributed by atoms with E-state index in [1.165, 1.54) is 25.1 Å². The number of amides is 2. The Bertz CT molecular complexity index is 539. The Labute approximate surface area is 113 Å². The molecule has 2 amide bonds. The number of hydrogen-bond acceptors (Lipinski definition) is 2. The maximum Gasteiger partial charge on any atom is 0.471 e. The van der Waals surface area contributed by atoms with Gasteiger partial charge < -0.3 is 10.6 Å². The first kappa shape index (κ1) is 15.7. The minimum atomic E-state index is -4.94. The van der Waals surface area contributed by atoms with Gasteiger partial charge in [0.2, 0.25) is 5.91 Å². The van der Waals surface area contributed by atoms with Crippen molar-refractivity contribution < 1.29 is 22.8 Å². The lowest BCUT2D eigenvalue weighted by Gasteiger charge is -2.10. The number of hydrogen-bond donors (Lipinski definition) is 2. The number of rotatable bonds is 4. The van der Waals surface area contributed by atoms with Gasteiger partial charge in [0.1, 0.15) is 0 Å². The van der Waals surface area contributed by atoms with Crippen molar-refractivity contribution >= 4 is 17.5 Å². The summed E-state index contributed by atoms with van der Waals surface area (Å²) in [4.78, 5) is 22.1. The van der Waals surface area contributed by atoms with Crippen molar-refractivity contribution in [1.82, 2.24) is 5.32 Å². The zero-order valence-corrected chi connectivity index (χ0v) is 10.7. The van der Waals surface area contributed by atoms with E-state index >= 15 is 0 Å². The molecule has 0 aliphatic rings. The first-order valence-electron chi connectivity index (χ1n) is 5.61. The normalized spacial score (nSPS) is 10.8. The van der Waals surface area contributed by atoms with Crippen LogP contribution in [0.5, 0.6) is 0 Å². The smallest absolute Gasteiger partial charge is 0.348 e. The highest BCUT2D eigenvalue weighted by molar-refractivity contribution is 5.95. The van der Waals surface area contributed by atoms with Gasteiger partial charge in [-0.25, -0.2) is 0 Å². The van der Waals surface area contributed by atoms with Crippen LogP contribution >= 0.6 is 0 Å². The van der Waals surface area contributed by atoms with E-state index < -0.39 is 12.1 Å². The molecular weight excluding hydrogens is 273 g/mol. The van der Waals surface area contributed by atoms with Gasteiger partial charge >= 0.3 is 12.1 Å². The molecule has 0 unspecified atom stereocenters. The Kier molecular flexibility index (Phi) is 4.90. The highest BCUT2D eigenvalue weighted by Gasteiger charge is 2.38. The molecule has 4 nitrogen and oxygen atoms in total. The third-order valence-electron chi connectivity index (χ3n) is 2.28. The summed E-state index contributed by atoms with van der Waals surface area (Å²) in [5.41, 5.74) is 0.889. The molecule has 0 fully saturated rings. The number of carbonyl (C=O) groups excluding carboxylic acids is 2. The highest BCUT2D eigenvalue weighted by Crippen LogP contribution is 2.18. The third-order valence-corrected chi connectivity index (χ3v) is 2.28. The van der Waals surface area contributed by atoms with Gasteiger partial charge in [-0.15, -0.1) is 0 Å². The Balaban J connectivity index is 2.69. The molecule has 0 radical (unpaired) electrons. The molecule has 0 bridgehead atoms. The van der Waals surface area contributed by atoms with Crippen LogP contribution in [0.4, 0.5) is 18.9 Å². The first-order chi connectivity index (χ1) is 9.20. The molecule has 0 aliphatic carbocycles. The second kappa shape index (κ2) is 6.23. The van der Waals surface area contributed by atoms with Crippen molar-refractivity contribution in [3.8, 4) is 0 Å². The van der Waals surface area contributed by atoms with Crippen LogP contribution in [0.15, 0.2) is 36.4 Å². The molecule has 1 aromatic carbocycles. The maximum absolute atomic E-state index is 12.1. The molecule has 0 saturated heterocycles. The van der Waals surface area contributed by atoms with Gasteiger partial charge in [0, 0.05) is 17.8 Å². The van der Waals surface area contributed by atoms with Gasteiger partial charge in [0.15, 0.2) is 0 Å². The van der Waals surface area contributed by atoms with Crippen molar-refractivity contribution in [2.24, 2.45) is 0 Å². The molecule has 0 spiro atoms. The van der Waals surface area contributed by atoms with Crippen molar-refractivity contribution in [1.29, 1.82) is 0 Å². The van der Waals surface area contributed by atoms with E-state index in [-0.39, 0.29) is 18.1 Å². The molecule has 108 valence electrons. The Morgan fingerprint density at radius 3 is 2.50 bits per heavy atom. The van der Waals surface area contributed by atoms with Crippen LogP contribution in [0, 0.1) is 0 Å². The van der Waals surface area contributed by atoms with Gasteiger partial charge in [-0.2, -0.15) is 13.2 Å². The molecule has 0 aliphatic heterocycles. The fourth-order valence-corrected chi connectivity index (χ4v) is 1.29. The number of halogens is 3. The van der Waals surface area contributed by atoms with Gasteiger partial charge in [-0.05, 0) is 24.6 Å². The van der Waals surface area contributed by atoms with E-state index in [1.807, 2.05) is 0 Å². The minimum Gasteiger partial charge on any atom is -0.348 e. The molecule has 0 saturated carbocycles. The molecule has 7 heteroatoms. The number of carbonyl (C=O) groups is 2. The predicted octanol–water partition coefficient (Wildman–Crippen LogP) is 2.38. The summed E-state index contributed by atoms with van der Waals surface area (Å²) in [6.07, 6.45) is -4.94. The fraction of sp³-hybridized carbons (Fsp3) is 0.231. The number of alkyl halides is 3. The molecule has 2 N–H and O–H groups in total. The van der Waals surface area contributed by atoms with E-state index in [2.05, 4.69) is 11.9 Å².